The molecule has 6 heteroatoms. The maximum absolute atomic E-state index is 12.8. The molecule has 0 radical (unpaired) electrons. The van der Waals surface area contributed by atoms with Crippen molar-refractivity contribution in [1.82, 2.24) is 24.5 Å². The molecular weight excluding hydrogens is 314 g/mol. The van der Waals surface area contributed by atoms with Gasteiger partial charge in [-0.1, -0.05) is 0 Å². The number of aromatic nitrogens is 2. The van der Waals surface area contributed by atoms with E-state index in [4.69, 9.17) is 0 Å². The summed E-state index contributed by atoms with van der Waals surface area (Å²) in [6.45, 7) is 9.42. The van der Waals surface area contributed by atoms with Gasteiger partial charge in [0, 0.05) is 37.6 Å². The molecule has 2 aliphatic heterocycles. The Labute approximate surface area is 151 Å². The maximum Gasteiger partial charge on any atom is 0.240 e. The number of likely N-dealkylation sites (tertiary alicyclic amines) is 2. The fraction of sp³-hybridized carbons (Fsp3) is 0.789. The monoisotopic (exact) mass is 347 g/mol. The number of hydrogen-bond acceptors (Lipinski definition) is 4. The summed E-state index contributed by atoms with van der Waals surface area (Å²) in [4.78, 5) is 19.8. The Morgan fingerprint density at radius 2 is 1.96 bits per heavy atom. The summed E-state index contributed by atoms with van der Waals surface area (Å²) in [5.41, 5.74) is 0. The topological polar surface area (TPSA) is 44.6 Å². The van der Waals surface area contributed by atoms with Crippen LogP contribution in [0.5, 0.6) is 0 Å². The van der Waals surface area contributed by atoms with Gasteiger partial charge in [-0.05, 0) is 65.7 Å². The third kappa shape index (κ3) is 4.42. The molecule has 2 aliphatic rings. The van der Waals surface area contributed by atoms with Crippen molar-refractivity contribution in [3.63, 3.8) is 0 Å². The summed E-state index contributed by atoms with van der Waals surface area (Å²) in [7, 11) is 2.16. The Morgan fingerprint density at radius 1 is 1.20 bits per heavy atom. The largest absolute Gasteiger partial charge is 0.339 e. The van der Waals surface area contributed by atoms with Gasteiger partial charge in [-0.15, -0.1) is 0 Å². The lowest BCUT2D eigenvalue weighted by atomic mass is 9.96. The fourth-order valence-corrected chi connectivity index (χ4v) is 4.25. The second-order valence-electron chi connectivity index (χ2n) is 7.79. The molecule has 0 aliphatic carbocycles. The Morgan fingerprint density at radius 3 is 2.60 bits per heavy atom. The van der Waals surface area contributed by atoms with E-state index in [1.165, 1.54) is 0 Å². The maximum atomic E-state index is 12.8. The van der Waals surface area contributed by atoms with Crippen LogP contribution in [0.2, 0.25) is 0 Å². The van der Waals surface area contributed by atoms with Crippen LogP contribution >= 0.6 is 0 Å². The summed E-state index contributed by atoms with van der Waals surface area (Å²) in [6, 6.07) is 2.90. The molecule has 0 aromatic carbocycles. The molecule has 1 amide bonds. The van der Waals surface area contributed by atoms with Gasteiger partial charge in [-0.2, -0.15) is 5.10 Å². The van der Waals surface area contributed by atoms with E-state index in [2.05, 4.69) is 40.7 Å². The standard InChI is InChI=1S/C19H33N5O/c1-16(2)24-11-4-6-18(19(24)25)21(3)17-7-12-22(13-8-17)14-15-23-10-5-9-20-23/h5,9-10,16-18H,4,6-8,11-15H2,1-3H3. The van der Waals surface area contributed by atoms with Crippen molar-refractivity contribution in [2.75, 3.05) is 33.2 Å². The van der Waals surface area contributed by atoms with Gasteiger partial charge in [0.15, 0.2) is 0 Å². The Kier molecular flexibility index (Phi) is 6.12. The number of likely N-dealkylation sites (N-methyl/N-ethyl adjacent to an activating group) is 1. The van der Waals surface area contributed by atoms with Crippen molar-refractivity contribution in [3.8, 4) is 0 Å². The minimum absolute atomic E-state index is 0.0803. The van der Waals surface area contributed by atoms with E-state index in [9.17, 15) is 4.79 Å². The molecule has 1 unspecified atom stereocenters. The first kappa shape index (κ1) is 18.4. The van der Waals surface area contributed by atoms with Gasteiger partial charge in [0.2, 0.25) is 5.91 Å². The Bertz CT molecular complexity index is 536. The van der Waals surface area contributed by atoms with Crippen molar-refractivity contribution < 1.29 is 4.79 Å². The first-order valence-corrected chi connectivity index (χ1v) is 9.78. The van der Waals surface area contributed by atoms with Crippen molar-refractivity contribution in [3.05, 3.63) is 18.5 Å². The zero-order valence-corrected chi connectivity index (χ0v) is 16.0. The SMILES string of the molecule is CC(C)N1CCCC(N(C)C2CCN(CCn3cccn3)CC2)C1=O. The lowest BCUT2D eigenvalue weighted by Crippen LogP contribution is -2.57. The number of nitrogens with zero attached hydrogens (tertiary/aromatic N) is 5. The Balaban J connectivity index is 1.47. The lowest BCUT2D eigenvalue weighted by molar-refractivity contribution is -0.143. The molecule has 0 N–H and O–H groups in total. The Hall–Kier alpha value is -1.40. The highest BCUT2D eigenvalue weighted by atomic mass is 16.2. The number of carbonyl (C=O) groups is 1. The number of amides is 1. The summed E-state index contributed by atoms with van der Waals surface area (Å²) in [5, 5.41) is 4.27. The van der Waals surface area contributed by atoms with E-state index < -0.39 is 0 Å². The molecule has 1 aromatic rings. The van der Waals surface area contributed by atoms with Crippen LogP contribution in [0.4, 0.5) is 0 Å². The van der Waals surface area contributed by atoms with Crippen molar-refractivity contribution in [1.29, 1.82) is 0 Å². The highest BCUT2D eigenvalue weighted by Crippen LogP contribution is 2.24. The highest BCUT2D eigenvalue weighted by molar-refractivity contribution is 5.82. The van der Waals surface area contributed by atoms with E-state index in [0.717, 1.165) is 58.4 Å². The summed E-state index contributed by atoms with van der Waals surface area (Å²) >= 11 is 0. The molecule has 3 rings (SSSR count). The van der Waals surface area contributed by atoms with E-state index in [-0.39, 0.29) is 6.04 Å². The molecule has 1 atom stereocenters. The molecule has 2 fully saturated rings. The van der Waals surface area contributed by atoms with Crippen LogP contribution in [-0.4, -0.2) is 81.7 Å². The molecule has 1 aromatic heterocycles. The first-order valence-electron chi connectivity index (χ1n) is 9.78. The smallest absolute Gasteiger partial charge is 0.240 e. The van der Waals surface area contributed by atoms with Crippen LogP contribution in [0.25, 0.3) is 0 Å². The number of piperidine rings is 2. The van der Waals surface area contributed by atoms with E-state index >= 15 is 0 Å². The average molecular weight is 348 g/mol. The molecule has 2 saturated heterocycles. The predicted molar refractivity (Wildman–Crippen MR) is 99.3 cm³/mol. The van der Waals surface area contributed by atoms with Crippen molar-refractivity contribution in [2.24, 2.45) is 0 Å². The molecule has 3 heterocycles. The summed E-state index contributed by atoms with van der Waals surface area (Å²) < 4.78 is 2.00. The van der Waals surface area contributed by atoms with Gasteiger partial charge in [0.1, 0.15) is 0 Å². The second-order valence-corrected chi connectivity index (χ2v) is 7.79. The molecule has 140 valence electrons. The van der Waals surface area contributed by atoms with Gasteiger partial charge >= 0.3 is 0 Å². The van der Waals surface area contributed by atoms with Crippen LogP contribution in [0.1, 0.15) is 39.5 Å². The number of carbonyl (C=O) groups excluding carboxylic acids is 1. The molecule has 0 saturated carbocycles. The van der Waals surface area contributed by atoms with Crippen LogP contribution < -0.4 is 0 Å². The third-order valence-corrected chi connectivity index (χ3v) is 5.90. The highest BCUT2D eigenvalue weighted by Gasteiger charge is 2.36. The second kappa shape index (κ2) is 8.32. The van der Waals surface area contributed by atoms with Crippen molar-refractivity contribution >= 4 is 5.91 Å². The molecule has 0 bridgehead atoms. The minimum Gasteiger partial charge on any atom is -0.339 e. The van der Waals surface area contributed by atoms with Gasteiger partial charge in [0.25, 0.3) is 0 Å². The molecule has 6 nitrogen and oxygen atoms in total. The number of rotatable bonds is 6. The van der Waals surface area contributed by atoms with Crippen molar-refractivity contribution in [2.45, 2.75) is 64.2 Å². The molecule has 25 heavy (non-hydrogen) atoms. The van der Waals surface area contributed by atoms with Crippen LogP contribution in [0.3, 0.4) is 0 Å². The van der Waals surface area contributed by atoms with Crippen LogP contribution in [0, 0.1) is 0 Å². The van der Waals surface area contributed by atoms with Gasteiger partial charge in [0.05, 0.1) is 12.6 Å². The fourth-order valence-electron chi connectivity index (χ4n) is 4.25. The normalized spacial score (nSPS) is 23.8. The van der Waals surface area contributed by atoms with E-state index in [1.54, 1.807) is 0 Å². The van der Waals surface area contributed by atoms with Gasteiger partial charge < -0.3 is 9.80 Å². The third-order valence-electron chi connectivity index (χ3n) is 5.90. The van der Waals surface area contributed by atoms with Crippen LogP contribution in [-0.2, 0) is 11.3 Å². The van der Waals surface area contributed by atoms with E-state index in [1.807, 2.05) is 23.1 Å². The summed E-state index contributed by atoms with van der Waals surface area (Å²) in [5.74, 6) is 0.338. The molecular formula is C19H33N5O. The average Bonchev–Trinajstić information content (AvgIpc) is 3.13. The number of hydrogen-bond donors (Lipinski definition) is 0. The van der Waals surface area contributed by atoms with E-state index in [0.29, 0.717) is 18.0 Å². The lowest BCUT2D eigenvalue weighted by Gasteiger charge is -2.44. The van der Waals surface area contributed by atoms with Crippen LogP contribution in [0.15, 0.2) is 18.5 Å². The minimum atomic E-state index is 0.0803. The zero-order chi connectivity index (χ0) is 17.8. The quantitative estimate of drug-likeness (QED) is 0.785. The zero-order valence-electron chi connectivity index (χ0n) is 16.0. The molecule has 0 spiro atoms. The summed E-state index contributed by atoms with van der Waals surface area (Å²) in [6.07, 6.45) is 8.31. The van der Waals surface area contributed by atoms with Gasteiger partial charge in [-0.3, -0.25) is 14.4 Å². The van der Waals surface area contributed by atoms with Gasteiger partial charge in [-0.25, -0.2) is 0 Å². The first-order chi connectivity index (χ1) is 12.1. The predicted octanol–water partition coefficient (Wildman–Crippen LogP) is 1.68.